The molecule has 0 radical (unpaired) electrons. The second kappa shape index (κ2) is 5.38. The van der Waals surface area contributed by atoms with Gasteiger partial charge in [0.05, 0.1) is 18.2 Å². The Balaban J connectivity index is 1.63. The third-order valence-corrected chi connectivity index (χ3v) is 4.42. The average Bonchev–Trinajstić information content (AvgIpc) is 3.00. The first-order valence-electron chi connectivity index (χ1n) is 7.38. The van der Waals surface area contributed by atoms with Crippen LogP contribution in [-0.4, -0.2) is 44.9 Å². The van der Waals surface area contributed by atoms with E-state index < -0.39 is 11.9 Å². The van der Waals surface area contributed by atoms with Gasteiger partial charge in [0.2, 0.25) is 0 Å². The van der Waals surface area contributed by atoms with Crippen LogP contribution in [0, 0.1) is 11.8 Å². The number of aliphatic carboxylic acids is 1. The number of anilines is 1. The summed E-state index contributed by atoms with van der Waals surface area (Å²) in [4.78, 5) is 24.7. The van der Waals surface area contributed by atoms with E-state index in [-0.39, 0.29) is 18.6 Å². The summed E-state index contributed by atoms with van der Waals surface area (Å²) >= 11 is 0. The summed E-state index contributed by atoms with van der Waals surface area (Å²) in [6.07, 6.45) is 4.61. The molecule has 7 heteroatoms. The topological polar surface area (TPSA) is 87.5 Å². The van der Waals surface area contributed by atoms with Crippen LogP contribution in [0.2, 0.25) is 0 Å². The van der Waals surface area contributed by atoms with Crippen molar-refractivity contribution in [3.8, 4) is 0 Å². The molecule has 2 aliphatic rings. The molecular formula is C14H20N4O3. The molecule has 0 aromatic carbocycles. The molecule has 1 aromatic rings. The van der Waals surface area contributed by atoms with Crippen LogP contribution in [0.1, 0.15) is 32.2 Å². The molecule has 1 aliphatic carbocycles. The molecule has 1 aliphatic heterocycles. The van der Waals surface area contributed by atoms with Gasteiger partial charge in [0.25, 0.3) is 0 Å². The molecule has 114 valence electrons. The standard InChI is InChI=1S/C14H20N4O3/c1-9(10-2-3-10)18-12(4-6-15-18)16-14(21)17-7-5-11(8-17)13(19)20/h4,6,9-11H,2-3,5,7-8H2,1H3,(H,16,21)(H,19,20). The zero-order valence-corrected chi connectivity index (χ0v) is 12.0. The maximum atomic E-state index is 12.2. The lowest BCUT2D eigenvalue weighted by atomic mass is 10.1. The van der Waals surface area contributed by atoms with Crippen molar-refractivity contribution < 1.29 is 14.7 Å². The number of likely N-dealkylation sites (tertiary alicyclic amines) is 1. The SMILES string of the molecule is CC(C1CC1)n1nccc1NC(=O)N1CCC(C(=O)O)C1. The Morgan fingerprint density at radius 3 is 2.81 bits per heavy atom. The largest absolute Gasteiger partial charge is 0.481 e. The number of amides is 2. The number of aromatic nitrogens is 2. The normalized spacial score (nSPS) is 23.1. The number of carboxylic acids is 1. The van der Waals surface area contributed by atoms with E-state index in [9.17, 15) is 9.59 Å². The summed E-state index contributed by atoms with van der Waals surface area (Å²) in [5.74, 6) is 0.0330. The van der Waals surface area contributed by atoms with E-state index in [1.807, 2.05) is 4.68 Å². The molecule has 7 nitrogen and oxygen atoms in total. The Bertz CT molecular complexity index is 552. The summed E-state index contributed by atoms with van der Waals surface area (Å²) in [5.41, 5.74) is 0. The van der Waals surface area contributed by atoms with Gasteiger partial charge in [-0.3, -0.25) is 10.1 Å². The van der Waals surface area contributed by atoms with Gasteiger partial charge in [-0.2, -0.15) is 5.10 Å². The Kier molecular flexibility index (Phi) is 3.57. The smallest absolute Gasteiger partial charge is 0.323 e. The highest BCUT2D eigenvalue weighted by atomic mass is 16.4. The maximum Gasteiger partial charge on any atom is 0.323 e. The molecule has 2 amide bonds. The number of hydrogen-bond acceptors (Lipinski definition) is 3. The van der Waals surface area contributed by atoms with Crippen molar-refractivity contribution in [1.29, 1.82) is 0 Å². The molecular weight excluding hydrogens is 272 g/mol. The zero-order valence-electron chi connectivity index (χ0n) is 12.0. The second-order valence-corrected chi connectivity index (χ2v) is 5.94. The molecule has 1 saturated heterocycles. The first-order valence-corrected chi connectivity index (χ1v) is 7.38. The number of urea groups is 1. The van der Waals surface area contributed by atoms with Crippen molar-refractivity contribution in [2.75, 3.05) is 18.4 Å². The van der Waals surface area contributed by atoms with Crippen LogP contribution in [0.4, 0.5) is 10.6 Å². The van der Waals surface area contributed by atoms with Gasteiger partial charge in [0.1, 0.15) is 5.82 Å². The van der Waals surface area contributed by atoms with Crippen LogP contribution in [0.3, 0.4) is 0 Å². The average molecular weight is 292 g/mol. The number of nitrogens with one attached hydrogen (secondary N) is 1. The van der Waals surface area contributed by atoms with E-state index in [2.05, 4.69) is 17.3 Å². The van der Waals surface area contributed by atoms with Crippen molar-refractivity contribution in [2.45, 2.75) is 32.2 Å². The van der Waals surface area contributed by atoms with E-state index in [4.69, 9.17) is 5.11 Å². The van der Waals surface area contributed by atoms with Gasteiger partial charge in [0, 0.05) is 19.2 Å². The number of carbonyl (C=O) groups excluding carboxylic acids is 1. The molecule has 21 heavy (non-hydrogen) atoms. The highest BCUT2D eigenvalue weighted by molar-refractivity contribution is 5.89. The zero-order chi connectivity index (χ0) is 15.0. The highest BCUT2D eigenvalue weighted by Gasteiger charge is 2.33. The van der Waals surface area contributed by atoms with Crippen LogP contribution >= 0.6 is 0 Å². The van der Waals surface area contributed by atoms with Crippen molar-refractivity contribution in [2.24, 2.45) is 11.8 Å². The van der Waals surface area contributed by atoms with Crippen LogP contribution in [0.5, 0.6) is 0 Å². The second-order valence-electron chi connectivity index (χ2n) is 5.94. The lowest BCUT2D eigenvalue weighted by Crippen LogP contribution is -2.34. The molecule has 0 bridgehead atoms. The number of carbonyl (C=O) groups is 2. The summed E-state index contributed by atoms with van der Waals surface area (Å²) in [6.45, 7) is 2.86. The predicted octanol–water partition coefficient (Wildman–Crippen LogP) is 1.79. The van der Waals surface area contributed by atoms with E-state index in [1.54, 1.807) is 17.2 Å². The van der Waals surface area contributed by atoms with Gasteiger partial charge in [-0.05, 0) is 32.1 Å². The molecule has 0 spiro atoms. The molecule has 2 atom stereocenters. The fourth-order valence-electron chi connectivity index (χ4n) is 2.85. The monoisotopic (exact) mass is 292 g/mol. The maximum absolute atomic E-state index is 12.2. The van der Waals surface area contributed by atoms with Gasteiger partial charge in [-0.1, -0.05) is 0 Å². The van der Waals surface area contributed by atoms with Gasteiger partial charge in [-0.25, -0.2) is 9.48 Å². The molecule has 2 heterocycles. The highest BCUT2D eigenvalue weighted by Crippen LogP contribution is 2.40. The minimum Gasteiger partial charge on any atom is -0.481 e. The Hall–Kier alpha value is -2.05. The summed E-state index contributed by atoms with van der Waals surface area (Å²) in [7, 11) is 0. The summed E-state index contributed by atoms with van der Waals surface area (Å²) in [5, 5.41) is 16.1. The minimum atomic E-state index is -0.835. The Morgan fingerprint density at radius 2 is 2.19 bits per heavy atom. The van der Waals surface area contributed by atoms with E-state index in [0.717, 1.165) is 0 Å². The van der Waals surface area contributed by atoms with Gasteiger partial charge >= 0.3 is 12.0 Å². The Labute approximate surface area is 122 Å². The number of carboxylic acid groups (broad SMARTS) is 1. The molecule has 2 N–H and O–H groups in total. The first kappa shape index (κ1) is 13.9. The van der Waals surface area contributed by atoms with E-state index in [1.165, 1.54) is 12.8 Å². The fraction of sp³-hybridized carbons (Fsp3) is 0.643. The number of rotatable bonds is 4. The lowest BCUT2D eigenvalue weighted by Gasteiger charge is -2.19. The minimum absolute atomic E-state index is 0.247. The van der Waals surface area contributed by atoms with E-state index in [0.29, 0.717) is 24.7 Å². The Morgan fingerprint density at radius 1 is 1.43 bits per heavy atom. The third kappa shape index (κ3) is 2.86. The van der Waals surface area contributed by atoms with Crippen molar-refractivity contribution in [3.05, 3.63) is 12.3 Å². The summed E-state index contributed by atoms with van der Waals surface area (Å²) in [6, 6.07) is 1.81. The molecule has 2 fully saturated rings. The van der Waals surface area contributed by atoms with Crippen molar-refractivity contribution in [3.63, 3.8) is 0 Å². The van der Waals surface area contributed by atoms with Crippen LogP contribution < -0.4 is 5.32 Å². The summed E-state index contributed by atoms with van der Waals surface area (Å²) < 4.78 is 1.85. The molecule has 2 unspecified atom stereocenters. The lowest BCUT2D eigenvalue weighted by molar-refractivity contribution is -0.141. The first-order chi connectivity index (χ1) is 10.1. The predicted molar refractivity (Wildman–Crippen MR) is 76.0 cm³/mol. The van der Waals surface area contributed by atoms with Crippen LogP contribution in [0.25, 0.3) is 0 Å². The van der Waals surface area contributed by atoms with Crippen LogP contribution in [-0.2, 0) is 4.79 Å². The number of nitrogens with zero attached hydrogens (tertiary/aromatic N) is 3. The van der Waals surface area contributed by atoms with Crippen LogP contribution in [0.15, 0.2) is 12.3 Å². The quantitative estimate of drug-likeness (QED) is 0.885. The molecule has 3 rings (SSSR count). The van der Waals surface area contributed by atoms with E-state index >= 15 is 0 Å². The molecule has 1 saturated carbocycles. The van der Waals surface area contributed by atoms with Gasteiger partial charge in [0.15, 0.2) is 0 Å². The number of hydrogen-bond donors (Lipinski definition) is 2. The van der Waals surface area contributed by atoms with Crippen molar-refractivity contribution in [1.82, 2.24) is 14.7 Å². The fourth-order valence-corrected chi connectivity index (χ4v) is 2.85. The van der Waals surface area contributed by atoms with Gasteiger partial charge < -0.3 is 10.0 Å². The van der Waals surface area contributed by atoms with Crippen molar-refractivity contribution >= 4 is 17.8 Å². The van der Waals surface area contributed by atoms with Gasteiger partial charge in [-0.15, -0.1) is 0 Å². The molecule has 1 aromatic heterocycles. The third-order valence-electron chi connectivity index (χ3n) is 4.42.